The topological polar surface area (TPSA) is 123 Å². The highest BCUT2D eigenvalue weighted by Gasteiger charge is 2.24. The van der Waals surface area contributed by atoms with E-state index < -0.39 is 0 Å². The Bertz CT molecular complexity index is 1550. The molecule has 4 N–H and O–H groups in total. The third-order valence-electron chi connectivity index (χ3n) is 5.69. The molecule has 0 aliphatic heterocycles. The van der Waals surface area contributed by atoms with Crippen molar-refractivity contribution >= 4 is 51.0 Å². The number of benzene rings is 2. The van der Waals surface area contributed by atoms with E-state index in [9.17, 15) is 4.79 Å². The fraction of sp³-hybridized carbons (Fsp3) is 0.231. The van der Waals surface area contributed by atoms with Crippen LogP contribution in [0.3, 0.4) is 0 Å². The van der Waals surface area contributed by atoms with Crippen LogP contribution in [0.25, 0.3) is 33.1 Å². The van der Waals surface area contributed by atoms with Crippen molar-refractivity contribution in [3.63, 3.8) is 0 Å². The van der Waals surface area contributed by atoms with Crippen LogP contribution in [-0.2, 0) is 4.74 Å². The number of ether oxygens (including phenoxy) is 1. The summed E-state index contributed by atoms with van der Waals surface area (Å²) in [5.41, 5.74) is 10.8. The maximum absolute atomic E-state index is 13.2. The average molecular weight is 470 g/mol. The Labute approximate surface area is 202 Å². The van der Waals surface area contributed by atoms with E-state index in [1.807, 2.05) is 68.6 Å². The summed E-state index contributed by atoms with van der Waals surface area (Å²) in [6.07, 6.45) is 4.42. The lowest BCUT2D eigenvalue weighted by Crippen LogP contribution is -2.26. The maximum atomic E-state index is 13.2. The van der Waals surface area contributed by atoms with Crippen molar-refractivity contribution in [3.8, 4) is 0 Å². The van der Waals surface area contributed by atoms with E-state index in [1.165, 1.54) is 4.68 Å². The van der Waals surface area contributed by atoms with Gasteiger partial charge in [0.05, 0.1) is 23.4 Å². The van der Waals surface area contributed by atoms with E-state index >= 15 is 0 Å². The molecule has 9 heteroatoms. The van der Waals surface area contributed by atoms with Crippen LogP contribution in [0.15, 0.2) is 59.8 Å². The average Bonchev–Trinajstić information content (AvgIpc) is 3.38. The molecule has 2 aromatic carbocycles. The number of rotatable bonds is 8. The standard InChI is InChI=1S/C26H27N7O2/c1-16(2)35-13-7-12-28-26(34)22-23-25(32-21-11-6-5-10-20(21)31-23)33(24(22)27)30-15-17-14-29-19-9-4-3-8-18(17)19/h3-6,8-11,14-16,29H,7,12-13,27H2,1-2H3,(H,28,34)/b30-15+. The third-order valence-corrected chi connectivity index (χ3v) is 5.69. The maximum Gasteiger partial charge on any atom is 0.257 e. The lowest BCUT2D eigenvalue weighted by molar-refractivity contribution is 0.0757. The first kappa shape index (κ1) is 22.5. The Morgan fingerprint density at radius 2 is 1.91 bits per heavy atom. The number of para-hydroxylation sites is 3. The summed E-state index contributed by atoms with van der Waals surface area (Å²) in [6, 6.07) is 15.5. The summed E-state index contributed by atoms with van der Waals surface area (Å²) < 4.78 is 7.03. The molecule has 9 nitrogen and oxygen atoms in total. The number of H-pyrrole nitrogens is 1. The summed E-state index contributed by atoms with van der Waals surface area (Å²) in [7, 11) is 0. The number of nitrogens with one attached hydrogen (secondary N) is 2. The molecule has 35 heavy (non-hydrogen) atoms. The van der Waals surface area contributed by atoms with Gasteiger partial charge in [-0.15, -0.1) is 0 Å². The number of hydrogen-bond donors (Lipinski definition) is 3. The van der Waals surface area contributed by atoms with Gasteiger partial charge in [-0.3, -0.25) is 4.79 Å². The molecule has 3 heterocycles. The van der Waals surface area contributed by atoms with Crippen LogP contribution < -0.4 is 11.1 Å². The Balaban J connectivity index is 1.53. The minimum Gasteiger partial charge on any atom is -0.383 e. The van der Waals surface area contributed by atoms with E-state index in [-0.39, 0.29) is 23.4 Å². The first-order valence-electron chi connectivity index (χ1n) is 11.6. The molecule has 0 atom stereocenters. The number of carbonyl (C=O) groups excluding carboxylic acids is 1. The Kier molecular flexibility index (Phi) is 6.15. The van der Waals surface area contributed by atoms with Crippen LogP contribution in [0.4, 0.5) is 5.82 Å². The number of nitrogens with two attached hydrogens (primary N) is 1. The van der Waals surface area contributed by atoms with Gasteiger partial charge in [0.15, 0.2) is 5.65 Å². The van der Waals surface area contributed by atoms with Crippen LogP contribution in [-0.4, -0.2) is 51.0 Å². The molecular weight excluding hydrogens is 442 g/mol. The number of nitrogen functional groups attached to an aromatic ring is 1. The molecule has 0 saturated carbocycles. The molecular formula is C26H27N7O2. The van der Waals surface area contributed by atoms with Crippen molar-refractivity contribution < 1.29 is 9.53 Å². The predicted molar refractivity (Wildman–Crippen MR) is 139 cm³/mol. The largest absolute Gasteiger partial charge is 0.383 e. The molecule has 3 aromatic heterocycles. The van der Waals surface area contributed by atoms with Crippen molar-refractivity contribution in [1.82, 2.24) is 24.9 Å². The second-order valence-electron chi connectivity index (χ2n) is 8.52. The Hall–Kier alpha value is -4.24. The molecule has 0 saturated heterocycles. The fourth-order valence-electron chi connectivity index (χ4n) is 3.99. The SMILES string of the molecule is CC(C)OCCCNC(=O)c1c(N)n(/N=C/c2c[nH]c3ccccc23)c2nc3ccccc3nc12. The summed E-state index contributed by atoms with van der Waals surface area (Å²) >= 11 is 0. The quantitative estimate of drug-likeness (QED) is 0.233. The molecule has 0 unspecified atom stereocenters. The van der Waals surface area contributed by atoms with Crippen molar-refractivity contribution in [2.24, 2.45) is 5.10 Å². The highest BCUT2D eigenvalue weighted by molar-refractivity contribution is 6.11. The molecule has 0 radical (unpaired) electrons. The zero-order valence-electron chi connectivity index (χ0n) is 19.7. The number of amides is 1. The molecule has 0 fully saturated rings. The van der Waals surface area contributed by atoms with Crippen LogP contribution in [0.1, 0.15) is 36.2 Å². The van der Waals surface area contributed by atoms with E-state index in [1.54, 1.807) is 6.21 Å². The number of carbonyl (C=O) groups is 1. The number of nitrogens with zero attached hydrogens (tertiary/aromatic N) is 4. The summed E-state index contributed by atoms with van der Waals surface area (Å²) in [5.74, 6) is -0.134. The second-order valence-corrected chi connectivity index (χ2v) is 8.52. The normalized spacial score (nSPS) is 12.0. The van der Waals surface area contributed by atoms with Crippen LogP contribution in [0, 0.1) is 0 Å². The van der Waals surface area contributed by atoms with Gasteiger partial charge in [0.25, 0.3) is 5.91 Å². The van der Waals surface area contributed by atoms with Gasteiger partial charge in [0.1, 0.15) is 16.9 Å². The molecule has 0 aliphatic rings. The van der Waals surface area contributed by atoms with Gasteiger partial charge in [-0.1, -0.05) is 30.3 Å². The lowest BCUT2D eigenvalue weighted by Gasteiger charge is -2.08. The van der Waals surface area contributed by atoms with Gasteiger partial charge >= 0.3 is 0 Å². The Morgan fingerprint density at radius 3 is 2.71 bits per heavy atom. The van der Waals surface area contributed by atoms with Gasteiger partial charge in [0.2, 0.25) is 0 Å². The smallest absolute Gasteiger partial charge is 0.257 e. The van der Waals surface area contributed by atoms with E-state index in [2.05, 4.69) is 15.4 Å². The minimum atomic E-state index is -0.317. The van der Waals surface area contributed by atoms with Crippen molar-refractivity contribution in [3.05, 3.63) is 65.9 Å². The molecule has 0 aliphatic carbocycles. The summed E-state index contributed by atoms with van der Waals surface area (Å²) in [6.45, 7) is 4.98. The molecule has 5 aromatic rings. The first-order chi connectivity index (χ1) is 17.0. The van der Waals surface area contributed by atoms with E-state index in [4.69, 9.17) is 20.4 Å². The number of hydrogen-bond acceptors (Lipinski definition) is 6. The zero-order chi connectivity index (χ0) is 24.4. The minimum absolute atomic E-state index is 0.151. The lowest BCUT2D eigenvalue weighted by atomic mass is 10.2. The third kappa shape index (κ3) is 4.45. The predicted octanol–water partition coefficient (Wildman–Crippen LogP) is 4.08. The van der Waals surface area contributed by atoms with Gasteiger partial charge in [-0.25, -0.2) is 9.97 Å². The van der Waals surface area contributed by atoms with Gasteiger partial charge in [-0.05, 0) is 38.5 Å². The second kappa shape index (κ2) is 9.55. The summed E-state index contributed by atoms with van der Waals surface area (Å²) in [4.78, 5) is 25.8. The number of aromatic nitrogens is 4. The van der Waals surface area contributed by atoms with Crippen molar-refractivity contribution in [2.75, 3.05) is 18.9 Å². The zero-order valence-corrected chi connectivity index (χ0v) is 19.7. The van der Waals surface area contributed by atoms with Crippen LogP contribution >= 0.6 is 0 Å². The molecule has 0 spiro atoms. The Morgan fingerprint density at radius 1 is 1.17 bits per heavy atom. The van der Waals surface area contributed by atoms with Crippen molar-refractivity contribution in [1.29, 1.82) is 0 Å². The van der Waals surface area contributed by atoms with Crippen LogP contribution in [0.2, 0.25) is 0 Å². The molecule has 5 rings (SSSR count). The van der Waals surface area contributed by atoms with Gasteiger partial charge < -0.3 is 20.8 Å². The number of fused-ring (bicyclic) bond motifs is 3. The molecule has 1 amide bonds. The monoisotopic (exact) mass is 469 g/mol. The molecule has 178 valence electrons. The fourth-order valence-corrected chi connectivity index (χ4v) is 3.99. The van der Waals surface area contributed by atoms with Crippen LogP contribution in [0.5, 0.6) is 0 Å². The van der Waals surface area contributed by atoms with Crippen molar-refractivity contribution in [2.45, 2.75) is 26.4 Å². The number of aromatic amines is 1. The number of anilines is 1. The van der Waals surface area contributed by atoms with Gasteiger partial charge in [0, 0.05) is 35.8 Å². The van der Waals surface area contributed by atoms with E-state index in [0.717, 1.165) is 16.5 Å². The molecule has 0 bridgehead atoms. The van der Waals surface area contributed by atoms with Gasteiger partial charge in [-0.2, -0.15) is 9.78 Å². The highest BCUT2D eigenvalue weighted by Crippen LogP contribution is 2.28. The summed E-state index contributed by atoms with van der Waals surface area (Å²) in [5, 5.41) is 8.57. The van der Waals surface area contributed by atoms with E-state index in [0.29, 0.717) is 41.8 Å². The highest BCUT2D eigenvalue weighted by atomic mass is 16.5. The first-order valence-corrected chi connectivity index (χ1v) is 11.6.